The first kappa shape index (κ1) is 20.7. The number of nitrogens with one attached hydrogen (secondary N) is 2. The number of rotatable bonds is 6. The first-order valence-corrected chi connectivity index (χ1v) is 10.5. The van der Waals surface area contributed by atoms with Gasteiger partial charge >= 0.3 is 5.97 Å². The Morgan fingerprint density at radius 2 is 2.10 bits per heavy atom. The number of benzene rings is 1. The van der Waals surface area contributed by atoms with E-state index in [4.69, 9.17) is 4.74 Å². The Labute approximate surface area is 181 Å². The van der Waals surface area contributed by atoms with Crippen LogP contribution in [0.2, 0.25) is 0 Å². The highest BCUT2D eigenvalue weighted by Crippen LogP contribution is 2.44. The molecule has 0 saturated carbocycles. The second-order valence-corrected chi connectivity index (χ2v) is 7.81. The lowest BCUT2D eigenvalue weighted by Gasteiger charge is -2.34. The SMILES string of the molecule is C=C/C=C(\C=C)COC(=O)C1=C(C)NC2=C(C(=O)CCC2)C1c1cccc2[nH]ccc12. The van der Waals surface area contributed by atoms with Crippen LogP contribution in [-0.2, 0) is 14.3 Å². The van der Waals surface area contributed by atoms with Crippen LogP contribution in [0.3, 0.4) is 0 Å². The molecule has 2 N–H and O–H groups in total. The zero-order valence-corrected chi connectivity index (χ0v) is 17.7. The Bertz CT molecular complexity index is 1180. The fourth-order valence-corrected chi connectivity index (χ4v) is 4.48. The second kappa shape index (κ2) is 8.64. The molecule has 2 aliphatic rings. The number of hydrogen-bond acceptors (Lipinski definition) is 4. The van der Waals surface area contributed by atoms with Gasteiger partial charge in [0.25, 0.3) is 0 Å². The van der Waals surface area contributed by atoms with E-state index in [0.717, 1.165) is 46.3 Å². The van der Waals surface area contributed by atoms with E-state index in [9.17, 15) is 9.59 Å². The Kier molecular flexibility index (Phi) is 5.76. The number of hydrogen-bond donors (Lipinski definition) is 2. The average molecular weight is 415 g/mol. The van der Waals surface area contributed by atoms with E-state index in [2.05, 4.69) is 23.5 Å². The molecule has 1 aromatic heterocycles. The molecule has 1 atom stereocenters. The molecule has 0 radical (unpaired) electrons. The monoisotopic (exact) mass is 414 g/mol. The molecule has 0 bridgehead atoms. The van der Waals surface area contributed by atoms with Crippen LogP contribution in [0.5, 0.6) is 0 Å². The van der Waals surface area contributed by atoms with Gasteiger partial charge in [-0.1, -0.05) is 43.5 Å². The lowest BCUT2D eigenvalue weighted by Crippen LogP contribution is -2.34. The maximum absolute atomic E-state index is 13.3. The maximum Gasteiger partial charge on any atom is 0.337 e. The van der Waals surface area contributed by atoms with Gasteiger partial charge < -0.3 is 15.0 Å². The largest absolute Gasteiger partial charge is 0.457 e. The van der Waals surface area contributed by atoms with Crippen LogP contribution in [0.4, 0.5) is 0 Å². The number of dihydropyridines is 1. The standard InChI is InChI=1S/C26H26N2O3/c1-4-8-17(5-2)15-31-26(30)23-16(3)28-21-11-7-12-22(29)25(21)24(23)19-9-6-10-20-18(19)13-14-27-20/h4-6,8-10,13-14,24,27-28H,1-2,7,11-12,15H2,3H3/b17-8+. The van der Waals surface area contributed by atoms with Crippen LogP contribution in [-0.4, -0.2) is 23.3 Å². The van der Waals surface area contributed by atoms with Crippen LogP contribution in [0, 0.1) is 0 Å². The molecule has 0 saturated heterocycles. The summed E-state index contributed by atoms with van der Waals surface area (Å²) in [7, 11) is 0. The molecule has 1 aliphatic heterocycles. The van der Waals surface area contributed by atoms with Gasteiger partial charge in [0, 0.05) is 46.4 Å². The van der Waals surface area contributed by atoms with Gasteiger partial charge in [0.15, 0.2) is 5.78 Å². The Hall–Kier alpha value is -3.60. The van der Waals surface area contributed by atoms with Crippen LogP contribution in [0.25, 0.3) is 10.9 Å². The van der Waals surface area contributed by atoms with Gasteiger partial charge in [-0.15, -0.1) is 0 Å². The van der Waals surface area contributed by atoms with Crippen molar-refractivity contribution in [3.8, 4) is 0 Å². The number of H-pyrrole nitrogens is 1. The van der Waals surface area contributed by atoms with E-state index in [0.29, 0.717) is 17.6 Å². The fourth-order valence-electron chi connectivity index (χ4n) is 4.48. The van der Waals surface area contributed by atoms with Crippen molar-refractivity contribution in [2.75, 3.05) is 6.61 Å². The van der Waals surface area contributed by atoms with E-state index < -0.39 is 11.9 Å². The number of ether oxygens (including phenoxy) is 1. The first-order valence-electron chi connectivity index (χ1n) is 10.5. The number of carbonyl (C=O) groups excluding carboxylic acids is 2. The van der Waals surface area contributed by atoms with Gasteiger partial charge in [-0.25, -0.2) is 4.79 Å². The number of ketones is 1. The predicted octanol–water partition coefficient (Wildman–Crippen LogP) is 4.98. The van der Waals surface area contributed by atoms with Crippen LogP contribution in [0.1, 0.15) is 37.7 Å². The molecule has 4 rings (SSSR count). The minimum absolute atomic E-state index is 0.0856. The third kappa shape index (κ3) is 3.79. The molecule has 0 spiro atoms. The maximum atomic E-state index is 13.3. The number of allylic oxidation sites excluding steroid dienone is 5. The summed E-state index contributed by atoms with van der Waals surface area (Å²) in [6.45, 7) is 9.39. The first-order chi connectivity index (χ1) is 15.0. The van der Waals surface area contributed by atoms with Gasteiger partial charge in [0.2, 0.25) is 0 Å². The smallest absolute Gasteiger partial charge is 0.337 e. The van der Waals surface area contributed by atoms with E-state index in [1.807, 2.05) is 37.4 Å². The number of aromatic nitrogens is 1. The molecular formula is C26H26N2O3. The summed E-state index contributed by atoms with van der Waals surface area (Å²) in [4.78, 5) is 29.6. The highest BCUT2D eigenvalue weighted by Gasteiger charge is 2.39. The summed E-state index contributed by atoms with van der Waals surface area (Å²) < 4.78 is 5.65. The summed E-state index contributed by atoms with van der Waals surface area (Å²) in [5.41, 5.74) is 5.45. The van der Waals surface area contributed by atoms with E-state index in [1.54, 1.807) is 18.2 Å². The quantitative estimate of drug-likeness (QED) is 0.517. The van der Waals surface area contributed by atoms with Crippen molar-refractivity contribution in [1.82, 2.24) is 10.3 Å². The summed E-state index contributed by atoms with van der Waals surface area (Å²) in [5, 5.41) is 4.32. The van der Waals surface area contributed by atoms with Crippen molar-refractivity contribution < 1.29 is 14.3 Å². The van der Waals surface area contributed by atoms with Crippen molar-refractivity contribution in [3.05, 3.63) is 95.5 Å². The fraction of sp³-hybridized carbons (Fsp3) is 0.231. The van der Waals surface area contributed by atoms with Crippen LogP contribution >= 0.6 is 0 Å². The molecule has 1 aliphatic carbocycles. The molecule has 0 fully saturated rings. The van der Waals surface area contributed by atoms with Gasteiger partial charge in [0.1, 0.15) is 6.61 Å². The van der Waals surface area contributed by atoms with Gasteiger partial charge in [0.05, 0.1) is 5.57 Å². The van der Waals surface area contributed by atoms with E-state index in [1.165, 1.54) is 0 Å². The number of fused-ring (bicyclic) bond motifs is 1. The van der Waals surface area contributed by atoms with Gasteiger partial charge in [-0.2, -0.15) is 0 Å². The van der Waals surface area contributed by atoms with Crippen molar-refractivity contribution in [2.45, 2.75) is 32.1 Å². The Balaban J connectivity index is 1.81. The molecule has 2 aromatic rings. The second-order valence-electron chi connectivity index (χ2n) is 7.81. The predicted molar refractivity (Wildman–Crippen MR) is 122 cm³/mol. The molecule has 1 aromatic carbocycles. The van der Waals surface area contributed by atoms with Crippen molar-refractivity contribution in [3.63, 3.8) is 0 Å². The Morgan fingerprint density at radius 1 is 1.26 bits per heavy atom. The number of aromatic amines is 1. The molecule has 31 heavy (non-hydrogen) atoms. The van der Waals surface area contributed by atoms with Crippen molar-refractivity contribution in [1.29, 1.82) is 0 Å². The highest BCUT2D eigenvalue weighted by atomic mass is 16.5. The normalized spacial score (nSPS) is 19.2. The third-order valence-electron chi connectivity index (χ3n) is 5.90. The van der Waals surface area contributed by atoms with Crippen molar-refractivity contribution >= 4 is 22.7 Å². The number of esters is 1. The minimum Gasteiger partial charge on any atom is -0.457 e. The van der Waals surface area contributed by atoms with E-state index in [-0.39, 0.29) is 12.4 Å². The topological polar surface area (TPSA) is 71.2 Å². The lowest BCUT2D eigenvalue weighted by molar-refractivity contribution is -0.138. The molecule has 5 nitrogen and oxygen atoms in total. The molecule has 1 unspecified atom stereocenters. The van der Waals surface area contributed by atoms with Gasteiger partial charge in [-0.05, 0) is 43.0 Å². The molecular weight excluding hydrogens is 388 g/mol. The lowest BCUT2D eigenvalue weighted by atomic mass is 9.74. The molecule has 5 heteroatoms. The van der Waals surface area contributed by atoms with Crippen molar-refractivity contribution in [2.24, 2.45) is 0 Å². The van der Waals surface area contributed by atoms with E-state index >= 15 is 0 Å². The molecule has 2 heterocycles. The van der Waals surface area contributed by atoms with Crippen LogP contribution < -0.4 is 5.32 Å². The summed E-state index contributed by atoms with van der Waals surface area (Å²) in [6.07, 6.45) is 8.99. The Morgan fingerprint density at radius 3 is 2.87 bits per heavy atom. The average Bonchev–Trinajstić information content (AvgIpc) is 3.24. The summed E-state index contributed by atoms with van der Waals surface area (Å²) in [5.74, 6) is -0.821. The van der Waals surface area contributed by atoms with Crippen LogP contribution in [0.15, 0.2) is 90.0 Å². The molecule has 0 amide bonds. The zero-order chi connectivity index (χ0) is 22.0. The number of carbonyl (C=O) groups is 2. The molecule has 158 valence electrons. The third-order valence-corrected chi connectivity index (χ3v) is 5.90. The summed E-state index contributed by atoms with van der Waals surface area (Å²) in [6, 6.07) is 7.92. The summed E-state index contributed by atoms with van der Waals surface area (Å²) >= 11 is 0. The highest BCUT2D eigenvalue weighted by molar-refractivity contribution is 6.05. The minimum atomic E-state index is -0.466. The number of Topliss-reactive ketones (excluding diaryl/α,β-unsaturated/α-hetero) is 1. The van der Waals surface area contributed by atoms with Gasteiger partial charge in [-0.3, -0.25) is 4.79 Å². The zero-order valence-electron chi connectivity index (χ0n) is 17.7.